The predicted octanol–water partition coefficient (Wildman–Crippen LogP) is 0.423. The van der Waals surface area contributed by atoms with Crippen molar-refractivity contribution < 1.29 is 5.21 Å². The second kappa shape index (κ2) is 3.46. The van der Waals surface area contributed by atoms with Gasteiger partial charge in [0.05, 0.1) is 5.69 Å². The van der Waals surface area contributed by atoms with Gasteiger partial charge in [0.2, 0.25) is 5.13 Å². The molecule has 0 amide bonds. The third kappa shape index (κ3) is 1.33. The number of aromatic nitrogens is 3. The number of nitrogens with two attached hydrogens (primary N) is 1. The molecule has 6 nitrogen and oxygen atoms in total. The Morgan fingerprint density at radius 3 is 3.14 bits per heavy atom. The van der Waals surface area contributed by atoms with Gasteiger partial charge in [0, 0.05) is 17.7 Å². The Hall–Kier alpha value is -1.89. The first-order valence-corrected chi connectivity index (χ1v) is 4.52. The van der Waals surface area contributed by atoms with Crippen LogP contribution in [0.5, 0.6) is 0 Å². The van der Waals surface area contributed by atoms with E-state index in [1.807, 2.05) is 0 Å². The molecule has 0 saturated carbocycles. The molecule has 2 aromatic heterocycles. The highest BCUT2D eigenvalue weighted by atomic mass is 32.1. The molecule has 0 unspecified atom stereocenters. The first-order valence-electron chi connectivity index (χ1n) is 3.75. The van der Waals surface area contributed by atoms with Crippen LogP contribution in [0, 0.1) is 0 Å². The maximum atomic E-state index is 8.55. The molecule has 2 rings (SSSR count). The van der Waals surface area contributed by atoms with Crippen LogP contribution in [0.1, 0.15) is 5.69 Å². The van der Waals surface area contributed by atoms with Crippen LogP contribution in [0.2, 0.25) is 0 Å². The number of hydrogen-bond donors (Lipinski definition) is 2. The Morgan fingerprint density at radius 1 is 1.64 bits per heavy atom. The van der Waals surface area contributed by atoms with Crippen molar-refractivity contribution in [3.63, 3.8) is 0 Å². The van der Waals surface area contributed by atoms with E-state index in [9.17, 15) is 0 Å². The number of nitrogens with zero attached hydrogens (tertiary/aromatic N) is 4. The van der Waals surface area contributed by atoms with Crippen LogP contribution in [-0.2, 0) is 0 Å². The average Bonchev–Trinajstić information content (AvgIpc) is 2.85. The minimum absolute atomic E-state index is 0.0465. The van der Waals surface area contributed by atoms with E-state index in [2.05, 4.69) is 14.5 Å². The monoisotopic (exact) mass is 209 g/mol. The summed E-state index contributed by atoms with van der Waals surface area (Å²) in [7, 11) is 0. The number of rotatable bonds is 2. The van der Waals surface area contributed by atoms with Crippen LogP contribution in [-0.4, -0.2) is 25.0 Å². The maximum absolute atomic E-state index is 8.55. The molecule has 7 heteroatoms. The fourth-order valence-corrected chi connectivity index (χ4v) is 1.61. The molecule has 2 heterocycles. The summed E-state index contributed by atoms with van der Waals surface area (Å²) in [5.74, 6) is 0.0465. The van der Waals surface area contributed by atoms with Crippen LogP contribution in [0.3, 0.4) is 0 Å². The Kier molecular flexibility index (Phi) is 2.15. The Labute approximate surface area is 83.5 Å². The van der Waals surface area contributed by atoms with E-state index >= 15 is 0 Å². The molecule has 72 valence electrons. The van der Waals surface area contributed by atoms with Crippen LogP contribution >= 0.6 is 11.5 Å². The molecule has 0 saturated heterocycles. The van der Waals surface area contributed by atoms with E-state index in [-0.39, 0.29) is 5.84 Å². The normalized spacial score (nSPS) is 11.9. The molecule has 0 bridgehead atoms. The third-order valence-electron chi connectivity index (χ3n) is 1.67. The molecule has 0 fully saturated rings. The zero-order valence-corrected chi connectivity index (χ0v) is 7.85. The summed E-state index contributed by atoms with van der Waals surface area (Å²) < 4.78 is 5.57. The molecule has 0 aromatic carbocycles. The molecule has 3 N–H and O–H groups in total. The summed E-state index contributed by atoms with van der Waals surface area (Å²) in [4.78, 5) is 4.01. The van der Waals surface area contributed by atoms with Gasteiger partial charge in [0.25, 0.3) is 0 Å². The van der Waals surface area contributed by atoms with E-state index in [4.69, 9.17) is 10.9 Å². The molecule has 0 radical (unpaired) electrons. The van der Waals surface area contributed by atoms with Gasteiger partial charge in [-0.1, -0.05) is 5.16 Å². The second-order valence-electron chi connectivity index (χ2n) is 2.47. The second-order valence-corrected chi connectivity index (χ2v) is 3.23. The van der Waals surface area contributed by atoms with Crippen molar-refractivity contribution in [3.8, 4) is 5.13 Å². The molecule has 0 atom stereocenters. The molecule has 14 heavy (non-hydrogen) atoms. The van der Waals surface area contributed by atoms with Gasteiger partial charge < -0.3 is 10.9 Å². The lowest BCUT2D eigenvalue weighted by Gasteiger charge is -2.02. The highest BCUT2D eigenvalue weighted by Crippen LogP contribution is 2.12. The van der Waals surface area contributed by atoms with Gasteiger partial charge in [-0.05, 0) is 12.1 Å². The zero-order chi connectivity index (χ0) is 9.97. The molecule has 0 aliphatic heterocycles. The fourth-order valence-electron chi connectivity index (χ4n) is 1.08. The Balaban J connectivity index is 2.50. The highest BCUT2D eigenvalue weighted by molar-refractivity contribution is 7.07. The van der Waals surface area contributed by atoms with Gasteiger partial charge >= 0.3 is 0 Å². The van der Waals surface area contributed by atoms with Gasteiger partial charge in [0.1, 0.15) is 6.33 Å². The van der Waals surface area contributed by atoms with Gasteiger partial charge in [-0.3, -0.25) is 4.57 Å². The fraction of sp³-hybridized carbons (Fsp3) is 0. The first-order chi connectivity index (χ1) is 6.83. The van der Waals surface area contributed by atoms with Crippen molar-refractivity contribution in [1.29, 1.82) is 0 Å². The summed E-state index contributed by atoms with van der Waals surface area (Å²) in [5, 5.41) is 12.2. The quantitative estimate of drug-likeness (QED) is 0.325. The van der Waals surface area contributed by atoms with Crippen molar-refractivity contribution in [2.24, 2.45) is 10.9 Å². The lowest BCUT2D eigenvalue weighted by Crippen LogP contribution is -2.17. The van der Waals surface area contributed by atoms with Crippen LogP contribution in [0.15, 0.2) is 29.8 Å². The summed E-state index contributed by atoms with van der Waals surface area (Å²) in [5.41, 5.74) is 6.07. The van der Waals surface area contributed by atoms with Crippen LogP contribution in [0.25, 0.3) is 5.13 Å². The molecule has 0 spiro atoms. The van der Waals surface area contributed by atoms with Crippen LogP contribution in [0.4, 0.5) is 0 Å². The Bertz CT molecular complexity index is 446. The summed E-state index contributed by atoms with van der Waals surface area (Å²) in [6, 6.07) is 3.52. The topological polar surface area (TPSA) is 89.3 Å². The highest BCUT2D eigenvalue weighted by Gasteiger charge is 2.08. The third-order valence-corrected chi connectivity index (χ3v) is 2.34. The molecular formula is C7H7N5OS. The zero-order valence-electron chi connectivity index (χ0n) is 7.03. The van der Waals surface area contributed by atoms with E-state index in [1.165, 1.54) is 17.9 Å². The standard InChI is InChI=1S/C7H7N5OS/c8-6(11-13)5-2-1-3-12(5)7-9-4-10-14-7/h1-4,13H,(H2,8,11). The Morgan fingerprint density at radius 2 is 2.50 bits per heavy atom. The van der Waals surface area contributed by atoms with E-state index in [0.717, 1.165) is 0 Å². The number of oxime groups is 1. The lowest BCUT2D eigenvalue weighted by molar-refractivity contribution is 0.318. The number of amidine groups is 1. The number of hydrogen-bond acceptors (Lipinski definition) is 5. The summed E-state index contributed by atoms with van der Waals surface area (Å²) >= 11 is 1.23. The van der Waals surface area contributed by atoms with Gasteiger partial charge in [-0.25, -0.2) is 4.98 Å². The van der Waals surface area contributed by atoms with Crippen molar-refractivity contribution >= 4 is 17.4 Å². The van der Waals surface area contributed by atoms with E-state index in [0.29, 0.717) is 10.8 Å². The minimum Gasteiger partial charge on any atom is -0.409 e. The summed E-state index contributed by atoms with van der Waals surface area (Å²) in [6.07, 6.45) is 3.23. The SMILES string of the molecule is N/C(=N/O)c1cccn1-c1ncns1. The van der Waals surface area contributed by atoms with Gasteiger partial charge in [0.15, 0.2) is 5.84 Å². The van der Waals surface area contributed by atoms with Gasteiger partial charge in [-0.2, -0.15) is 4.37 Å². The van der Waals surface area contributed by atoms with Crippen LogP contribution < -0.4 is 5.73 Å². The molecule has 0 aliphatic carbocycles. The maximum Gasteiger partial charge on any atom is 0.213 e. The van der Waals surface area contributed by atoms with Crippen molar-refractivity contribution in [3.05, 3.63) is 30.4 Å². The first kappa shape index (κ1) is 8.70. The van der Waals surface area contributed by atoms with Gasteiger partial charge in [-0.15, -0.1) is 0 Å². The van der Waals surface area contributed by atoms with E-state index < -0.39 is 0 Å². The summed E-state index contributed by atoms with van der Waals surface area (Å²) in [6.45, 7) is 0. The van der Waals surface area contributed by atoms with Crippen molar-refractivity contribution in [2.75, 3.05) is 0 Å². The smallest absolute Gasteiger partial charge is 0.213 e. The molecule has 0 aliphatic rings. The predicted molar refractivity (Wildman–Crippen MR) is 51.7 cm³/mol. The van der Waals surface area contributed by atoms with Crippen molar-refractivity contribution in [2.45, 2.75) is 0 Å². The molecular weight excluding hydrogens is 202 g/mol. The average molecular weight is 209 g/mol. The van der Waals surface area contributed by atoms with Crippen molar-refractivity contribution in [1.82, 2.24) is 13.9 Å². The lowest BCUT2D eigenvalue weighted by atomic mass is 10.4. The molecule has 2 aromatic rings. The largest absolute Gasteiger partial charge is 0.409 e. The minimum atomic E-state index is 0.0465. The van der Waals surface area contributed by atoms with E-state index in [1.54, 1.807) is 22.9 Å².